The van der Waals surface area contributed by atoms with E-state index >= 15 is 0 Å². The molecule has 0 saturated carbocycles. The van der Waals surface area contributed by atoms with Crippen molar-refractivity contribution in [2.45, 2.75) is 97.6 Å². The Kier molecular flexibility index (Phi) is 16.0. The van der Waals surface area contributed by atoms with Gasteiger partial charge in [0.1, 0.15) is 12.0 Å². The molecule has 0 spiro atoms. The van der Waals surface area contributed by atoms with Crippen LogP contribution in [-0.2, 0) is 18.1 Å². The Bertz CT molecular complexity index is 377. The molecular formula is C20H43NO4SSi. The normalized spacial score (nSPS) is 14.5. The number of carbonyl (C=O) groups is 1. The van der Waals surface area contributed by atoms with Gasteiger partial charge < -0.3 is 13.3 Å². The molecule has 0 aliphatic rings. The summed E-state index contributed by atoms with van der Waals surface area (Å²) in [7, 11) is -2.87. The molecule has 0 bridgehead atoms. The van der Waals surface area contributed by atoms with Crippen LogP contribution >= 0.6 is 12.6 Å². The molecule has 0 rings (SSSR count). The van der Waals surface area contributed by atoms with Crippen LogP contribution in [0.25, 0.3) is 0 Å². The van der Waals surface area contributed by atoms with Crippen molar-refractivity contribution >= 4 is 27.2 Å². The zero-order valence-corrected chi connectivity index (χ0v) is 20.4. The van der Waals surface area contributed by atoms with Gasteiger partial charge in [-0.25, -0.2) is 0 Å². The number of hydrogen-bond donors (Lipinski definition) is 1. The predicted octanol–water partition coefficient (Wildman–Crippen LogP) is 4.93. The molecule has 0 N–H and O–H groups in total. The van der Waals surface area contributed by atoms with Gasteiger partial charge in [0, 0.05) is 37.3 Å². The molecule has 0 aliphatic carbocycles. The zero-order valence-electron chi connectivity index (χ0n) is 18.5. The van der Waals surface area contributed by atoms with Gasteiger partial charge in [-0.1, -0.05) is 27.2 Å². The van der Waals surface area contributed by atoms with Gasteiger partial charge in [-0.15, -0.1) is 0 Å². The Labute approximate surface area is 174 Å². The van der Waals surface area contributed by atoms with Crippen LogP contribution in [-0.4, -0.2) is 57.3 Å². The van der Waals surface area contributed by atoms with Crippen LogP contribution < -0.4 is 0 Å². The first-order chi connectivity index (χ1) is 12.9. The molecule has 0 fully saturated rings. The topological polar surface area (TPSA) is 48.0 Å². The SMILES string of the molecule is CCCC(S)CCCC(=O)CC[Si](OCC)(OCC)OC(C)N(CC)CC. The van der Waals surface area contributed by atoms with E-state index in [0.717, 1.165) is 38.8 Å². The molecule has 0 saturated heterocycles. The standard InChI is InChI=1S/C20H43NO4SSi/c1-7-13-20(26)15-12-14-19(22)16-17-27(23-10-4,24-11-5)25-18(6)21(8-2)9-3/h18,20,26H,7-17H2,1-6H3. The minimum Gasteiger partial charge on any atom is -0.374 e. The molecule has 0 radical (unpaired) electrons. The highest BCUT2D eigenvalue weighted by molar-refractivity contribution is 7.80. The van der Waals surface area contributed by atoms with Gasteiger partial charge in [-0.2, -0.15) is 12.6 Å². The summed E-state index contributed by atoms with van der Waals surface area (Å²) < 4.78 is 18.4. The molecule has 0 aromatic carbocycles. The maximum absolute atomic E-state index is 12.4. The van der Waals surface area contributed by atoms with Crippen molar-refractivity contribution < 1.29 is 18.1 Å². The average Bonchev–Trinajstić information content (AvgIpc) is 2.62. The molecule has 0 aromatic rings. The third-order valence-electron chi connectivity index (χ3n) is 4.73. The second-order valence-electron chi connectivity index (χ2n) is 6.86. The summed E-state index contributed by atoms with van der Waals surface area (Å²) in [6.07, 6.45) is 5.13. The van der Waals surface area contributed by atoms with E-state index in [4.69, 9.17) is 13.3 Å². The van der Waals surface area contributed by atoms with E-state index in [1.165, 1.54) is 0 Å². The van der Waals surface area contributed by atoms with Crippen LogP contribution in [0.5, 0.6) is 0 Å². The Morgan fingerprint density at radius 3 is 2.07 bits per heavy atom. The van der Waals surface area contributed by atoms with Gasteiger partial charge in [0.15, 0.2) is 0 Å². The lowest BCUT2D eigenvalue weighted by Gasteiger charge is -2.35. The number of hydrogen-bond acceptors (Lipinski definition) is 6. The summed E-state index contributed by atoms with van der Waals surface area (Å²) >= 11 is 4.57. The number of Topliss-reactive ketones (excluding diaryl/α,β-unsaturated/α-hetero) is 1. The van der Waals surface area contributed by atoms with Crippen LogP contribution in [0.4, 0.5) is 0 Å². The zero-order chi connectivity index (χ0) is 20.7. The molecule has 0 aliphatic heterocycles. The van der Waals surface area contributed by atoms with Gasteiger partial charge in [0.2, 0.25) is 0 Å². The molecule has 162 valence electrons. The van der Waals surface area contributed by atoms with Crippen LogP contribution in [0.2, 0.25) is 6.04 Å². The second kappa shape index (κ2) is 15.9. The number of carbonyl (C=O) groups excluding carboxylic acids is 1. The Balaban J connectivity index is 4.73. The molecule has 2 atom stereocenters. The third kappa shape index (κ3) is 11.6. The lowest BCUT2D eigenvalue weighted by Crippen LogP contribution is -2.52. The van der Waals surface area contributed by atoms with Crippen molar-refractivity contribution in [2.24, 2.45) is 0 Å². The van der Waals surface area contributed by atoms with Crippen molar-refractivity contribution in [3.63, 3.8) is 0 Å². The highest BCUT2D eigenvalue weighted by atomic mass is 32.1. The molecule has 27 heavy (non-hydrogen) atoms. The molecule has 2 unspecified atom stereocenters. The van der Waals surface area contributed by atoms with E-state index in [1.54, 1.807) is 0 Å². The van der Waals surface area contributed by atoms with E-state index in [2.05, 4.69) is 38.3 Å². The van der Waals surface area contributed by atoms with Crippen molar-refractivity contribution in [1.82, 2.24) is 4.90 Å². The van der Waals surface area contributed by atoms with E-state index in [1.807, 2.05) is 20.8 Å². The number of rotatable bonds is 18. The lowest BCUT2D eigenvalue weighted by molar-refractivity contribution is -0.119. The minimum atomic E-state index is -2.87. The number of thiol groups is 1. The smallest absolute Gasteiger partial charge is 0.374 e. The van der Waals surface area contributed by atoms with Crippen molar-refractivity contribution in [3.8, 4) is 0 Å². The molecule has 5 nitrogen and oxygen atoms in total. The van der Waals surface area contributed by atoms with Crippen molar-refractivity contribution in [2.75, 3.05) is 26.3 Å². The van der Waals surface area contributed by atoms with Crippen LogP contribution in [0, 0.1) is 0 Å². The first kappa shape index (κ1) is 27.1. The summed E-state index contributed by atoms with van der Waals surface area (Å²) in [5.74, 6) is 0.266. The average molecular weight is 422 g/mol. The molecule has 0 amide bonds. The number of nitrogens with zero attached hydrogens (tertiary/aromatic N) is 1. The maximum atomic E-state index is 12.4. The Hall–Kier alpha value is 0.0769. The first-order valence-corrected chi connectivity index (χ1v) is 13.2. The Morgan fingerprint density at radius 2 is 1.59 bits per heavy atom. The highest BCUT2D eigenvalue weighted by Gasteiger charge is 2.43. The monoisotopic (exact) mass is 421 g/mol. The first-order valence-electron chi connectivity index (χ1n) is 10.8. The fourth-order valence-corrected chi connectivity index (χ4v) is 6.46. The van der Waals surface area contributed by atoms with Crippen molar-refractivity contribution in [1.29, 1.82) is 0 Å². The predicted molar refractivity (Wildman–Crippen MR) is 118 cm³/mol. The molecular weight excluding hydrogens is 378 g/mol. The van der Waals surface area contributed by atoms with Crippen LogP contribution in [0.1, 0.15) is 80.1 Å². The van der Waals surface area contributed by atoms with Crippen LogP contribution in [0.15, 0.2) is 0 Å². The van der Waals surface area contributed by atoms with Gasteiger partial charge in [-0.3, -0.25) is 9.69 Å². The summed E-state index contributed by atoms with van der Waals surface area (Å²) in [5.41, 5.74) is 0. The van der Waals surface area contributed by atoms with E-state index in [-0.39, 0.29) is 12.0 Å². The quantitative estimate of drug-likeness (QED) is 0.193. The summed E-state index contributed by atoms with van der Waals surface area (Å²) in [6, 6.07) is 0.554. The fourth-order valence-electron chi connectivity index (χ4n) is 3.25. The summed E-state index contributed by atoms with van der Waals surface area (Å²) in [6.45, 7) is 15.2. The largest absolute Gasteiger partial charge is 0.502 e. The minimum absolute atomic E-state index is 0.0844. The Morgan fingerprint density at radius 1 is 1.00 bits per heavy atom. The molecule has 0 aromatic heterocycles. The summed E-state index contributed by atoms with van der Waals surface area (Å²) in [5, 5.41) is 0.404. The lowest BCUT2D eigenvalue weighted by atomic mass is 10.1. The van der Waals surface area contributed by atoms with Gasteiger partial charge in [0.05, 0.1) is 0 Å². The fraction of sp³-hybridized carbons (Fsp3) is 0.950. The van der Waals surface area contributed by atoms with Crippen molar-refractivity contribution in [3.05, 3.63) is 0 Å². The van der Waals surface area contributed by atoms with Crippen LogP contribution in [0.3, 0.4) is 0 Å². The van der Waals surface area contributed by atoms with E-state index < -0.39 is 8.80 Å². The maximum Gasteiger partial charge on any atom is 0.502 e. The van der Waals surface area contributed by atoms with Gasteiger partial charge in [-0.05, 0) is 53.1 Å². The van der Waals surface area contributed by atoms with E-state index in [9.17, 15) is 4.79 Å². The highest BCUT2D eigenvalue weighted by Crippen LogP contribution is 2.23. The number of ketones is 1. The van der Waals surface area contributed by atoms with Gasteiger partial charge in [0.25, 0.3) is 0 Å². The summed E-state index contributed by atoms with van der Waals surface area (Å²) in [4.78, 5) is 14.6. The molecule has 7 heteroatoms. The second-order valence-corrected chi connectivity index (χ2v) is 10.3. The third-order valence-corrected chi connectivity index (χ3v) is 8.27. The molecule has 0 heterocycles. The van der Waals surface area contributed by atoms with E-state index in [0.29, 0.717) is 37.3 Å². The van der Waals surface area contributed by atoms with Gasteiger partial charge >= 0.3 is 8.80 Å².